The molecular formula is C20H15ClN2O3S. The Morgan fingerprint density at radius 3 is 2.41 bits per heavy atom. The second kappa shape index (κ2) is 8.07. The number of carbonyl (C=O) groups excluding carboxylic acids is 1. The van der Waals surface area contributed by atoms with E-state index in [1.165, 1.54) is 29.5 Å². The number of nitrogens with one attached hydrogen (secondary N) is 1. The van der Waals surface area contributed by atoms with Gasteiger partial charge in [-0.15, -0.1) is 11.3 Å². The molecule has 4 N–H and O–H groups in total. The molecule has 0 unspecified atom stereocenters. The van der Waals surface area contributed by atoms with E-state index in [9.17, 15) is 14.7 Å². The zero-order valence-electron chi connectivity index (χ0n) is 14.0. The Morgan fingerprint density at radius 2 is 1.74 bits per heavy atom. The number of amides is 1. The Bertz CT molecular complexity index is 1030. The van der Waals surface area contributed by atoms with Gasteiger partial charge in [-0.05, 0) is 48.5 Å². The first-order valence-electron chi connectivity index (χ1n) is 7.90. The SMILES string of the molecule is Nc1ccc(C(=O)N/C(=C/c2ccc(-c3ccccc3Cl)s2)C(=O)O)cc1. The van der Waals surface area contributed by atoms with Gasteiger partial charge in [0.25, 0.3) is 5.91 Å². The van der Waals surface area contributed by atoms with E-state index < -0.39 is 11.9 Å². The van der Waals surface area contributed by atoms with Gasteiger partial charge in [-0.3, -0.25) is 4.79 Å². The number of aliphatic carboxylic acids is 1. The third-order valence-corrected chi connectivity index (χ3v) is 5.10. The molecule has 1 heterocycles. The standard InChI is InChI=1S/C20H15ClN2O3S/c21-16-4-2-1-3-15(16)18-10-9-14(27-18)11-17(20(25)26)23-19(24)12-5-7-13(22)8-6-12/h1-11H,22H2,(H,23,24)(H,25,26)/b17-11+. The van der Waals surface area contributed by atoms with Crippen LogP contribution in [0.15, 0.2) is 66.4 Å². The lowest BCUT2D eigenvalue weighted by atomic mass is 10.2. The maximum Gasteiger partial charge on any atom is 0.352 e. The molecule has 0 saturated heterocycles. The molecule has 0 atom stereocenters. The van der Waals surface area contributed by atoms with Crippen molar-refractivity contribution in [3.8, 4) is 10.4 Å². The summed E-state index contributed by atoms with van der Waals surface area (Å²) in [7, 11) is 0. The molecule has 136 valence electrons. The van der Waals surface area contributed by atoms with Crippen molar-refractivity contribution in [1.29, 1.82) is 0 Å². The van der Waals surface area contributed by atoms with Crippen molar-refractivity contribution in [1.82, 2.24) is 5.32 Å². The predicted molar refractivity (Wildman–Crippen MR) is 109 cm³/mol. The van der Waals surface area contributed by atoms with Crippen molar-refractivity contribution < 1.29 is 14.7 Å². The van der Waals surface area contributed by atoms with Gasteiger partial charge in [-0.1, -0.05) is 29.8 Å². The molecule has 5 nitrogen and oxygen atoms in total. The van der Waals surface area contributed by atoms with E-state index in [2.05, 4.69) is 5.32 Å². The highest BCUT2D eigenvalue weighted by Gasteiger charge is 2.14. The van der Waals surface area contributed by atoms with Gasteiger partial charge in [0.2, 0.25) is 0 Å². The molecule has 0 radical (unpaired) electrons. The van der Waals surface area contributed by atoms with E-state index in [4.69, 9.17) is 17.3 Å². The maximum atomic E-state index is 12.3. The van der Waals surface area contributed by atoms with Gasteiger partial charge in [-0.2, -0.15) is 0 Å². The van der Waals surface area contributed by atoms with Crippen molar-refractivity contribution >= 4 is 46.6 Å². The number of rotatable bonds is 5. The summed E-state index contributed by atoms with van der Waals surface area (Å²) in [5.41, 5.74) is 7.08. The van der Waals surface area contributed by atoms with Crippen LogP contribution in [-0.2, 0) is 4.79 Å². The van der Waals surface area contributed by atoms with Gasteiger partial charge >= 0.3 is 5.97 Å². The first-order valence-corrected chi connectivity index (χ1v) is 9.10. The van der Waals surface area contributed by atoms with Crippen LogP contribution in [0.3, 0.4) is 0 Å². The molecule has 3 aromatic rings. The first-order chi connectivity index (χ1) is 12.9. The molecule has 0 aliphatic rings. The van der Waals surface area contributed by atoms with E-state index in [1.54, 1.807) is 24.3 Å². The highest BCUT2D eigenvalue weighted by atomic mass is 35.5. The van der Waals surface area contributed by atoms with Crippen LogP contribution < -0.4 is 11.1 Å². The number of hydrogen-bond donors (Lipinski definition) is 3. The van der Waals surface area contributed by atoms with Crippen molar-refractivity contribution in [2.24, 2.45) is 0 Å². The summed E-state index contributed by atoms with van der Waals surface area (Å²) in [6, 6.07) is 17.3. The number of hydrogen-bond acceptors (Lipinski definition) is 4. The van der Waals surface area contributed by atoms with Gasteiger partial charge in [0.1, 0.15) is 5.70 Å². The van der Waals surface area contributed by atoms with E-state index in [0.29, 0.717) is 21.2 Å². The molecule has 2 aromatic carbocycles. The monoisotopic (exact) mass is 398 g/mol. The van der Waals surface area contributed by atoms with Crippen molar-refractivity contribution in [2.75, 3.05) is 5.73 Å². The number of nitrogens with two attached hydrogens (primary N) is 1. The Labute approximate surface area is 164 Å². The average molecular weight is 399 g/mol. The van der Waals surface area contributed by atoms with Crippen molar-refractivity contribution in [3.63, 3.8) is 0 Å². The molecule has 1 amide bonds. The summed E-state index contributed by atoms with van der Waals surface area (Å²) in [4.78, 5) is 25.4. The minimum Gasteiger partial charge on any atom is -0.477 e. The van der Waals surface area contributed by atoms with E-state index >= 15 is 0 Å². The highest BCUT2D eigenvalue weighted by Crippen LogP contribution is 2.33. The minimum absolute atomic E-state index is 0.218. The summed E-state index contributed by atoms with van der Waals surface area (Å²) in [5, 5.41) is 12.5. The van der Waals surface area contributed by atoms with E-state index in [1.807, 2.05) is 24.3 Å². The van der Waals surface area contributed by atoms with Gasteiger partial charge in [0.15, 0.2) is 0 Å². The summed E-state index contributed by atoms with van der Waals surface area (Å²) in [6.45, 7) is 0. The second-order valence-corrected chi connectivity index (χ2v) is 7.14. The number of carboxylic acid groups (broad SMARTS) is 1. The molecule has 27 heavy (non-hydrogen) atoms. The molecule has 0 aliphatic carbocycles. The van der Waals surface area contributed by atoms with E-state index in [0.717, 1.165) is 10.4 Å². The van der Waals surface area contributed by atoms with Crippen LogP contribution in [-0.4, -0.2) is 17.0 Å². The number of anilines is 1. The smallest absolute Gasteiger partial charge is 0.352 e. The maximum absolute atomic E-state index is 12.3. The summed E-state index contributed by atoms with van der Waals surface area (Å²) in [5.74, 6) is -1.75. The average Bonchev–Trinajstić information content (AvgIpc) is 3.10. The summed E-state index contributed by atoms with van der Waals surface area (Å²) >= 11 is 7.58. The Balaban J connectivity index is 1.84. The molecule has 0 bridgehead atoms. The molecule has 0 saturated carbocycles. The quantitative estimate of drug-likeness (QED) is 0.435. The number of carboxylic acids is 1. The van der Waals surface area contributed by atoms with Crippen LogP contribution in [0.4, 0.5) is 5.69 Å². The molecule has 1 aromatic heterocycles. The van der Waals surface area contributed by atoms with Crippen LogP contribution in [0, 0.1) is 0 Å². The first kappa shape index (κ1) is 18.7. The lowest BCUT2D eigenvalue weighted by Gasteiger charge is -2.06. The molecule has 3 rings (SSSR count). The molecular weight excluding hydrogens is 384 g/mol. The zero-order chi connectivity index (χ0) is 19.4. The summed E-state index contributed by atoms with van der Waals surface area (Å²) < 4.78 is 0. The fraction of sp³-hybridized carbons (Fsp3) is 0. The Hall–Kier alpha value is -3.09. The minimum atomic E-state index is -1.23. The number of thiophene rings is 1. The topological polar surface area (TPSA) is 92.4 Å². The Morgan fingerprint density at radius 1 is 1.04 bits per heavy atom. The normalized spacial score (nSPS) is 11.2. The van der Waals surface area contributed by atoms with E-state index in [-0.39, 0.29) is 5.70 Å². The number of benzene rings is 2. The number of carbonyl (C=O) groups is 2. The lowest BCUT2D eigenvalue weighted by molar-refractivity contribution is -0.132. The molecule has 7 heteroatoms. The van der Waals surface area contributed by atoms with Gasteiger partial charge in [0.05, 0.1) is 0 Å². The fourth-order valence-corrected chi connectivity index (χ4v) is 3.64. The van der Waals surface area contributed by atoms with Crippen LogP contribution >= 0.6 is 22.9 Å². The highest BCUT2D eigenvalue weighted by molar-refractivity contribution is 7.16. The molecule has 0 aliphatic heterocycles. The van der Waals surface area contributed by atoms with Crippen LogP contribution in [0.1, 0.15) is 15.2 Å². The van der Waals surface area contributed by atoms with Gasteiger partial charge in [-0.25, -0.2) is 4.79 Å². The molecule has 0 spiro atoms. The number of nitrogen functional groups attached to an aromatic ring is 1. The molecule has 0 fully saturated rings. The van der Waals surface area contributed by atoms with Crippen molar-refractivity contribution in [3.05, 3.63) is 81.8 Å². The largest absolute Gasteiger partial charge is 0.477 e. The second-order valence-electron chi connectivity index (χ2n) is 5.62. The van der Waals surface area contributed by atoms with Gasteiger partial charge in [0, 0.05) is 31.6 Å². The van der Waals surface area contributed by atoms with Crippen molar-refractivity contribution in [2.45, 2.75) is 0 Å². The lowest BCUT2D eigenvalue weighted by Crippen LogP contribution is -2.27. The van der Waals surface area contributed by atoms with Crippen LogP contribution in [0.2, 0.25) is 5.02 Å². The van der Waals surface area contributed by atoms with Crippen LogP contribution in [0.5, 0.6) is 0 Å². The predicted octanol–water partition coefficient (Wildman–Crippen LogP) is 4.51. The van der Waals surface area contributed by atoms with Gasteiger partial charge < -0.3 is 16.2 Å². The summed E-state index contributed by atoms with van der Waals surface area (Å²) in [6.07, 6.45) is 1.42. The Kier molecular flexibility index (Phi) is 5.59. The third kappa shape index (κ3) is 4.55. The third-order valence-electron chi connectivity index (χ3n) is 3.70. The number of halogens is 1. The van der Waals surface area contributed by atoms with Crippen LogP contribution in [0.25, 0.3) is 16.5 Å². The fourth-order valence-electron chi connectivity index (χ4n) is 2.36. The zero-order valence-corrected chi connectivity index (χ0v) is 15.6.